The Morgan fingerprint density at radius 3 is 2.56 bits per heavy atom. The second-order valence-electron chi connectivity index (χ2n) is 6.55. The summed E-state index contributed by atoms with van der Waals surface area (Å²) in [5.41, 5.74) is 8.65. The molecule has 128 valence electrons. The number of nitrogen functional groups attached to an aromatic ring is 1. The van der Waals surface area contributed by atoms with Crippen LogP contribution in [-0.2, 0) is 0 Å². The van der Waals surface area contributed by atoms with E-state index in [2.05, 4.69) is 20.3 Å². The Kier molecular flexibility index (Phi) is 4.09. The first kappa shape index (κ1) is 15.6. The van der Waals surface area contributed by atoms with E-state index in [-0.39, 0.29) is 11.8 Å². The number of nitrogens with two attached hydrogens (primary N) is 1. The molecule has 0 bridgehead atoms. The Bertz CT molecular complexity index is 888. The molecule has 0 spiro atoms. The Morgan fingerprint density at radius 1 is 1.00 bits per heavy atom. The molecule has 6 heteroatoms. The number of aromatic hydroxyl groups is 1. The first-order valence-electron chi connectivity index (χ1n) is 8.68. The average molecular weight is 335 g/mol. The number of hydrogen-bond donors (Lipinski definition) is 3. The number of benzene rings is 1. The molecule has 0 amide bonds. The van der Waals surface area contributed by atoms with Crippen LogP contribution in [0.15, 0.2) is 36.5 Å². The van der Waals surface area contributed by atoms with Crippen molar-refractivity contribution < 1.29 is 5.11 Å². The van der Waals surface area contributed by atoms with E-state index in [1.807, 2.05) is 24.3 Å². The fourth-order valence-corrected chi connectivity index (χ4v) is 3.43. The SMILES string of the molecule is Nc1nc(NC2CCCCC2)c2cc(-c3ccc(O)nc3)ccc2n1. The summed E-state index contributed by atoms with van der Waals surface area (Å²) in [6, 6.07) is 9.84. The summed E-state index contributed by atoms with van der Waals surface area (Å²) in [5.74, 6) is 1.09. The summed E-state index contributed by atoms with van der Waals surface area (Å²) in [7, 11) is 0. The van der Waals surface area contributed by atoms with Gasteiger partial charge in [-0.15, -0.1) is 0 Å². The molecule has 0 aliphatic heterocycles. The van der Waals surface area contributed by atoms with Gasteiger partial charge < -0.3 is 16.2 Å². The lowest BCUT2D eigenvalue weighted by Crippen LogP contribution is -2.23. The standard InChI is InChI=1S/C19H21N5O/c20-19-23-16-8-6-12(13-7-9-17(25)21-11-13)10-15(16)18(24-19)22-14-4-2-1-3-5-14/h6-11,14H,1-5H2,(H,21,25)(H3,20,22,23,24). The molecule has 1 aliphatic carbocycles. The third-order valence-corrected chi connectivity index (χ3v) is 4.74. The highest BCUT2D eigenvalue weighted by atomic mass is 16.3. The Morgan fingerprint density at radius 2 is 1.80 bits per heavy atom. The molecule has 1 aromatic carbocycles. The monoisotopic (exact) mass is 335 g/mol. The summed E-state index contributed by atoms with van der Waals surface area (Å²) in [6.45, 7) is 0. The van der Waals surface area contributed by atoms with Crippen LogP contribution < -0.4 is 11.1 Å². The van der Waals surface area contributed by atoms with Crippen LogP contribution >= 0.6 is 0 Å². The molecule has 3 aromatic rings. The lowest BCUT2D eigenvalue weighted by Gasteiger charge is -2.24. The van der Waals surface area contributed by atoms with Gasteiger partial charge in [-0.25, -0.2) is 9.97 Å². The summed E-state index contributed by atoms with van der Waals surface area (Å²) < 4.78 is 0. The van der Waals surface area contributed by atoms with Gasteiger partial charge in [0.15, 0.2) is 0 Å². The maximum Gasteiger partial charge on any atom is 0.222 e. The summed E-state index contributed by atoms with van der Waals surface area (Å²) >= 11 is 0. The van der Waals surface area contributed by atoms with Crippen molar-refractivity contribution in [1.29, 1.82) is 0 Å². The van der Waals surface area contributed by atoms with Crippen LogP contribution in [0, 0.1) is 0 Å². The van der Waals surface area contributed by atoms with E-state index in [1.165, 1.54) is 19.3 Å². The van der Waals surface area contributed by atoms with Gasteiger partial charge in [0.1, 0.15) is 5.82 Å². The quantitative estimate of drug-likeness (QED) is 0.675. The molecule has 0 radical (unpaired) electrons. The van der Waals surface area contributed by atoms with Crippen molar-refractivity contribution in [2.45, 2.75) is 38.1 Å². The van der Waals surface area contributed by atoms with Crippen LogP contribution in [0.2, 0.25) is 0 Å². The van der Waals surface area contributed by atoms with E-state index >= 15 is 0 Å². The molecule has 1 fully saturated rings. The van der Waals surface area contributed by atoms with Crippen LogP contribution in [0.5, 0.6) is 5.88 Å². The van der Waals surface area contributed by atoms with Crippen molar-refractivity contribution >= 4 is 22.7 Å². The summed E-state index contributed by atoms with van der Waals surface area (Å²) in [6.07, 6.45) is 7.78. The van der Waals surface area contributed by atoms with E-state index in [0.29, 0.717) is 6.04 Å². The number of nitrogens with one attached hydrogen (secondary N) is 1. The van der Waals surface area contributed by atoms with E-state index in [9.17, 15) is 5.11 Å². The number of hydrogen-bond acceptors (Lipinski definition) is 6. The molecule has 2 aromatic heterocycles. The molecule has 6 nitrogen and oxygen atoms in total. The minimum Gasteiger partial charge on any atom is -0.493 e. The molecular weight excluding hydrogens is 314 g/mol. The maximum absolute atomic E-state index is 9.38. The van der Waals surface area contributed by atoms with Crippen molar-refractivity contribution in [2.24, 2.45) is 0 Å². The van der Waals surface area contributed by atoms with Crippen molar-refractivity contribution in [2.75, 3.05) is 11.1 Å². The van der Waals surface area contributed by atoms with Gasteiger partial charge in [-0.2, -0.15) is 4.98 Å². The minimum atomic E-state index is 0.0142. The number of pyridine rings is 1. The lowest BCUT2D eigenvalue weighted by molar-refractivity contribution is 0.453. The highest BCUT2D eigenvalue weighted by molar-refractivity contribution is 5.93. The van der Waals surface area contributed by atoms with Crippen molar-refractivity contribution in [3.8, 4) is 17.0 Å². The first-order valence-corrected chi connectivity index (χ1v) is 8.68. The molecule has 25 heavy (non-hydrogen) atoms. The normalized spacial score (nSPS) is 15.4. The van der Waals surface area contributed by atoms with Gasteiger partial charge in [-0.05, 0) is 36.6 Å². The van der Waals surface area contributed by atoms with Crippen molar-refractivity contribution in [3.63, 3.8) is 0 Å². The largest absolute Gasteiger partial charge is 0.493 e. The fraction of sp³-hybridized carbons (Fsp3) is 0.316. The van der Waals surface area contributed by atoms with Crippen LogP contribution in [0.4, 0.5) is 11.8 Å². The smallest absolute Gasteiger partial charge is 0.222 e. The molecule has 0 unspecified atom stereocenters. The fourth-order valence-electron chi connectivity index (χ4n) is 3.43. The Balaban J connectivity index is 1.75. The summed E-state index contributed by atoms with van der Waals surface area (Å²) in [4.78, 5) is 12.7. The van der Waals surface area contributed by atoms with Crippen LogP contribution in [-0.4, -0.2) is 26.1 Å². The number of nitrogens with zero attached hydrogens (tertiary/aromatic N) is 3. The molecule has 0 saturated heterocycles. The van der Waals surface area contributed by atoms with E-state index in [0.717, 1.165) is 40.7 Å². The molecule has 2 heterocycles. The number of rotatable bonds is 3. The zero-order valence-corrected chi connectivity index (χ0v) is 13.9. The number of fused-ring (bicyclic) bond motifs is 1. The Hall–Kier alpha value is -2.89. The molecule has 1 saturated carbocycles. The zero-order valence-electron chi connectivity index (χ0n) is 13.9. The average Bonchev–Trinajstić information content (AvgIpc) is 2.63. The van der Waals surface area contributed by atoms with Gasteiger partial charge >= 0.3 is 0 Å². The minimum absolute atomic E-state index is 0.0142. The highest BCUT2D eigenvalue weighted by Gasteiger charge is 2.16. The predicted molar refractivity (Wildman–Crippen MR) is 99.3 cm³/mol. The maximum atomic E-state index is 9.38. The van der Waals surface area contributed by atoms with Gasteiger partial charge in [0.2, 0.25) is 11.8 Å². The number of anilines is 2. The van der Waals surface area contributed by atoms with Crippen LogP contribution in [0.3, 0.4) is 0 Å². The molecular formula is C19H21N5O. The Labute approximate surface area is 146 Å². The molecule has 1 aliphatic rings. The second kappa shape index (κ2) is 6.55. The van der Waals surface area contributed by atoms with Gasteiger partial charge in [0.25, 0.3) is 0 Å². The molecule has 0 atom stereocenters. The predicted octanol–water partition coefficient (Wildman–Crippen LogP) is 3.72. The third kappa shape index (κ3) is 3.33. The van der Waals surface area contributed by atoms with Gasteiger partial charge in [0.05, 0.1) is 5.52 Å². The van der Waals surface area contributed by atoms with Gasteiger partial charge in [0, 0.05) is 29.3 Å². The second-order valence-corrected chi connectivity index (χ2v) is 6.55. The van der Waals surface area contributed by atoms with Crippen molar-refractivity contribution in [1.82, 2.24) is 15.0 Å². The molecule has 4 N–H and O–H groups in total. The van der Waals surface area contributed by atoms with Gasteiger partial charge in [-0.3, -0.25) is 0 Å². The van der Waals surface area contributed by atoms with E-state index < -0.39 is 0 Å². The summed E-state index contributed by atoms with van der Waals surface area (Å²) in [5, 5.41) is 13.9. The lowest BCUT2D eigenvalue weighted by atomic mass is 9.95. The van der Waals surface area contributed by atoms with E-state index in [1.54, 1.807) is 12.3 Å². The van der Waals surface area contributed by atoms with E-state index in [4.69, 9.17) is 5.73 Å². The van der Waals surface area contributed by atoms with Crippen LogP contribution in [0.25, 0.3) is 22.0 Å². The van der Waals surface area contributed by atoms with Gasteiger partial charge in [-0.1, -0.05) is 25.3 Å². The van der Waals surface area contributed by atoms with Crippen molar-refractivity contribution in [3.05, 3.63) is 36.5 Å². The third-order valence-electron chi connectivity index (χ3n) is 4.74. The highest BCUT2D eigenvalue weighted by Crippen LogP contribution is 2.30. The topological polar surface area (TPSA) is 97.0 Å². The first-order chi connectivity index (χ1) is 12.2. The molecule has 4 rings (SSSR count). The van der Waals surface area contributed by atoms with Crippen LogP contribution in [0.1, 0.15) is 32.1 Å². The number of aromatic nitrogens is 3. The zero-order chi connectivity index (χ0) is 17.2.